The van der Waals surface area contributed by atoms with Crippen LogP contribution in [0.1, 0.15) is 43.7 Å². The Morgan fingerprint density at radius 1 is 1.44 bits per heavy atom. The number of carbonyl (C=O) groups is 1. The minimum atomic E-state index is -1.17. The van der Waals surface area contributed by atoms with Crippen molar-refractivity contribution in [2.45, 2.75) is 41.2 Å². The van der Waals surface area contributed by atoms with Crippen molar-refractivity contribution in [3.63, 3.8) is 0 Å². The summed E-state index contributed by atoms with van der Waals surface area (Å²) in [6.07, 6.45) is 1.45. The summed E-state index contributed by atoms with van der Waals surface area (Å²) in [6.45, 7) is 11.1. The van der Waals surface area contributed by atoms with Crippen LogP contribution in [0.3, 0.4) is 0 Å². The van der Waals surface area contributed by atoms with E-state index in [-0.39, 0.29) is 11.0 Å². The SMILES string of the molecule is Cc1cc(=O)c(C(=O)O)cn1CC(C)(C)C(C)C. The molecule has 0 radical (unpaired) electrons. The molecule has 1 aromatic heterocycles. The molecule has 0 amide bonds. The number of aryl methyl sites for hydroxylation is 1. The van der Waals surface area contributed by atoms with Crippen LogP contribution in [0, 0.1) is 18.3 Å². The van der Waals surface area contributed by atoms with Gasteiger partial charge in [0.05, 0.1) is 0 Å². The highest BCUT2D eigenvalue weighted by atomic mass is 16.4. The van der Waals surface area contributed by atoms with Crippen molar-refractivity contribution in [1.29, 1.82) is 0 Å². The van der Waals surface area contributed by atoms with Crippen molar-refractivity contribution in [2.24, 2.45) is 11.3 Å². The van der Waals surface area contributed by atoms with E-state index >= 15 is 0 Å². The summed E-state index contributed by atoms with van der Waals surface area (Å²) < 4.78 is 1.85. The molecule has 1 aromatic rings. The summed E-state index contributed by atoms with van der Waals surface area (Å²) in [6, 6.07) is 1.39. The summed E-state index contributed by atoms with van der Waals surface area (Å²) in [5.74, 6) is -0.708. The fraction of sp³-hybridized carbons (Fsp3) is 0.571. The molecule has 0 atom stereocenters. The Hall–Kier alpha value is -1.58. The lowest BCUT2D eigenvalue weighted by Crippen LogP contribution is -2.28. The normalized spacial score (nSPS) is 11.9. The summed E-state index contributed by atoms with van der Waals surface area (Å²) in [7, 11) is 0. The van der Waals surface area contributed by atoms with E-state index in [1.165, 1.54) is 12.3 Å². The molecule has 0 aliphatic heterocycles. The van der Waals surface area contributed by atoms with Crippen molar-refractivity contribution in [3.8, 4) is 0 Å². The van der Waals surface area contributed by atoms with Gasteiger partial charge in [0.25, 0.3) is 0 Å². The van der Waals surface area contributed by atoms with Crippen LogP contribution >= 0.6 is 0 Å². The molecule has 0 spiro atoms. The number of hydrogen-bond donors (Lipinski definition) is 1. The van der Waals surface area contributed by atoms with Gasteiger partial charge >= 0.3 is 5.97 Å². The maximum atomic E-state index is 11.5. The van der Waals surface area contributed by atoms with Crippen LogP contribution in [0.15, 0.2) is 17.1 Å². The number of hydrogen-bond acceptors (Lipinski definition) is 2. The molecular weight excluding hydrogens is 230 g/mol. The average Bonchev–Trinajstić information content (AvgIpc) is 2.21. The lowest BCUT2D eigenvalue weighted by atomic mass is 9.81. The lowest BCUT2D eigenvalue weighted by Gasteiger charge is -2.31. The van der Waals surface area contributed by atoms with Gasteiger partial charge in [0.15, 0.2) is 5.43 Å². The highest BCUT2D eigenvalue weighted by Crippen LogP contribution is 2.28. The Morgan fingerprint density at radius 3 is 2.44 bits per heavy atom. The van der Waals surface area contributed by atoms with E-state index in [9.17, 15) is 9.59 Å². The minimum absolute atomic E-state index is 0.0373. The monoisotopic (exact) mass is 251 g/mol. The molecule has 1 rings (SSSR count). The highest BCUT2D eigenvalue weighted by molar-refractivity contribution is 5.87. The van der Waals surface area contributed by atoms with E-state index in [2.05, 4.69) is 27.7 Å². The van der Waals surface area contributed by atoms with E-state index in [0.717, 1.165) is 5.69 Å². The Labute approximate surface area is 107 Å². The zero-order valence-electron chi connectivity index (χ0n) is 11.7. The second kappa shape index (κ2) is 4.96. The van der Waals surface area contributed by atoms with Crippen LogP contribution in [0.2, 0.25) is 0 Å². The molecule has 0 unspecified atom stereocenters. The topological polar surface area (TPSA) is 59.3 Å². The molecule has 100 valence electrons. The van der Waals surface area contributed by atoms with Gasteiger partial charge in [-0.3, -0.25) is 4.79 Å². The summed E-state index contributed by atoms with van der Waals surface area (Å²) in [5, 5.41) is 8.98. The van der Waals surface area contributed by atoms with Gasteiger partial charge in [-0.25, -0.2) is 4.79 Å². The third-order valence-corrected chi connectivity index (χ3v) is 3.71. The molecule has 1 N–H and O–H groups in total. The van der Waals surface area contributed by atoms with Gasteiger partial charge in [0.2, 0.25) is 0 Å². The third-order valence-electron chi connectivity index (χ3n) is 3.71. The number of carboxylic acids is 1. The van der Waals surface area contributed by atoms with E-state index in [4.69, 9.17) is 5.11 Å². The van der Waals surface area contributed by atoms with Crippen LogP contribution in [0.4, 0.5) is 0 Å². The Balaban J connectivity index is 3.22. The minimum Gasteiger partial charge on any atom is -0.477 e. The standard InChI is InChI=1S/C14H21NO3/c1-9(2)14(4,5)8-15-7-11(13(17)18)12(16)6-10(15)3/h6-7,9H,8H2,1-5H3,(H,17,18). The first-order valence-corrected chi connectivity index (χ1v) is 6.09. The van der Waals surface area contributed by atoms with Crippen LogP contribution in [0.25, 0.3) is 0 Å². The number of carboxylic acid groups (broad SMARTS) is 1. The summed E-state index contributed by atoms with van der Waals surface area (Å²) >= 11 is 0. The average molecular weight is 251 g/mol. The van der Waals surface area contributed by atoms with Crippen molar-refractivity contribution >= 4 is 5.97 Å². The lowest BCUT2D eigenvalue weighted by molar-refractivity contribution is 0.0694. The fourth-order valence-electron chi connectivity index (χ4n) is 1.62. The van der Waals surface area contributed by atoms with Crippen molar-refractivity contribution in [2.75, 3.05) is 0 Å². The number of aromatic carboxylic acids is 1. The van der Waals surface area contributed by atoms with Crippen LogP contribution in [0.5, 0.6) is 0 Å². The quantitative estimate of drug-likeness (QED) is 0.894. The second-order valence-corrected chi connectivity index (χ2v) is 5.77. The molecule has 0 saturated heterocycles. The Bertz CT molecular complexity index is 512. The smallest absolute Gasteiger partial charge is 0.341 e. The number of aromatic nitrogens is 1. The molecule has 0 saturated carbocycles. The van der Waals surface area contributed by atoms with E-state index in [0.29, 0.717) is 12.5 Å². The summed E-state index contributed by atoms with van der Waals surface area (Å²) in [4.78, 5) is 22.5. The van der Waals surface area contributed by atoms with Gasteiger partial charge < -0.3 is 9.67 Å². The molecule has 0 fully saturated rings. The number of pyridine rings is 1. The van der Waals surface area contributed by atoms with Gasteiger partial charge in [-0.1, -0.05) is 27.7 Å². The predicted octanol–water partition coefficient (Wildman–Crippen LogP) is 2.54. The van der Waals surface area contributed by atoms with Crippen LogP contribution in [-0.2, 0) is 6.54 Å². The van der Waals surface area contributed by atoms with Crippen molar-refractivity contribution < 1.29 is 9.90 Å². The van der Waals surface area contributed by atoms with Gasteiger partial charge in [-0.15, -0.1) is 0 Å². The largest absolute Gasteiger partial charge is 0.477 e. The molecule has 0 bridgehead atoms. The molecule has 0 aliphatic carbocycles. The maximum Gasteiger partial charge on any atom is 0.341 e. The van der Waals surface area contributed by atoms with Gasteiger partial charge in [-0.05, 0) is 18.3 Å². The Morgan fingerprint density at radius 2 is 2.00 bits per heavy atom. The fourth-order valence-corrected chi connectivity index (χ4v) is 1.62. The van der Waals surface area contributed by atoms with Crippen LogP contribution in [-0.4, -0.2) is 15.6 Å². The molecule has 0 aromatic carbocycles. The molecule has 18 heavy (non-hydrogen) atoms. The molecule has 1 heterocycles. The highest BCUT2D eigenvalue weighted by Gasteiger charge is 2.23. The van der Waals surface area contributed by atoms with Crippen molar-refractivity contribution in [1.82, 2.24) is 4.57 Å². The predicted molar refractivity (Wildman–Crippen MR) is 71.0 cm³/mol. The van der Waals surface area contributed by atoms with E-state index in [1.54, 1.807) is 0 Å². The molecule has 4 heteroatoms. The first-order chi connectivity index (χ1) is 8.15. The third kappa shape index (κ3) is 3.00. The maximum absolute atomic E-state index is 11.5. The Kier molecular flexibility index (Phi) is 3.99. The van der Waals surface area contributed by atoms with Gasteiger partial charge in [0.1, 0.15) is 5.56 Å². The summed E-state index contributed by atoms with van der Waals surface area (Å²) in [5.41, 5.74) is 0.229. The molecule has 4 nitrogen and oxygen atoms in total. The molecule has 0 aliphatic rings. The molecular formula is C14H21NO3. The van der Waals surface area contributed by atoms with Gasteiger partial charge in [-0.2, -0.15) is 0 Å². The van der Waals surface area contributed by atoms with E-state index < -0.39 is 11.4 Å². The van der Waals surface area contributed by atoms with Crippen molar-refractivity contribution in [3.05, 3.63) is 33.7 Å². The van der Waals surface area contributed by atoms with Gasteiger partial charge in [0, 0.05) is 24.5 Å². The first kappa shape index (κ1) is 14.5. The first-order valence-electron chi connectivity index (χ1n) is 6.09. The number of nitrogens with zero attached hydrogens (tertiary/aromatic N) is 1. The zero-order chi connectivity index (χ0) is 14.1. The zero-order valence-corrected chi connectivity index (χ0v) is 11.7. The number of rotatable bonds is 4. The second-order valence-electron chi connectivity index (χ2n) is 5.77. The van der Waals surface area contributed by atoms with Crippen LogP contribution < -0.4 is 5.43 Å². The van der Waals surface area contributed by atoms with E-state index in [1.807, 2.05) is 11.5 Å².